The number of ether oxygens (including phenoxy) is 2. The van der Waals surface area contributed by atoms with Gasteiger partial charge in [0.15, 0.2) is 0 Å². The van der Waals surface area contributed by atoms with E-state index in [1.807, 2.05) is 13.8 Å². The Morgan fingerprint density at radius 1 is 1.23 bits per heavy atom. The van der Waals surface area contributed by atoms with Gasteiger partial charge in [0.25, 0.3) is 6.02 Å². The summed E-state index contributed by atoms with van der Waals surface area (Å²) >= 11 is 0. The van der Waals surface area contributed by atoms with Crippen LogP contribution < -0.4 is 5.73 Å². The van der Waals surface area contributed by atoms with Crippen molar-refractivity contribution in [1.29, 1.82) is 5.41 Å². The summed E-state index contributed by atoms with van der Waals surface area (Å²) in [6, 6.07) is -0.210. The summed E-state index contributed by atoms with van der Waals surface area (Å²) in [5.74, 6) is 0. The normalized spacial score (nSPS) is 11.1. The molecule has 13 heavy (non-hydrogen) atoms. The number of amidine groups is 2. The molecule has 0 aromatic carbocycles. The van der Waals surface area contributed by atoms with E-state index in [-0.39, 0.29) is 12.0 Å². The smallest absolute Gasteiger partial charge is 0.313 e. The molecule has 0 radical (unpaired) electrons. The molecule has 5 nitrogen and oxygen atoms in total. The first-order chi connectivity index (χ1) is 6.20. The van der Waals surface area contributed by atoms with Crippen LogP contribution in [0.5, 0.6) is 0 Å². The van der Waals surface area contributed by atoms with Crippen molar-refractivity contribution in [3.63, 3.8) is 0 Å². The molecular formula is C8H17N3O2. The van der Waals surface area contributed by atoms with Gasteiger partial charge in [-0.25, -0.2) is 5.41 Å². The maximum absolute atomic E-state index is 7.19. The molecule has 0 rings (SSSR count). The Morgan fingerprint density at radius 2 is 1.77 bits per heavy atom. The minimum atomic E-state index is -0.199. The van der Waals surface area contributed by atoms with Gasteiger partial charge in [0.1, 0.15) is 0 Å². The van der Waals surface area contributed by atoms with Crippen LogP contribution in [0, 0.1) is 5.41 Å². The summed E-state index contributed by atoms with van der Waals surface area (Å²) < 4.78 is 9.83. The summed E-state index contributed by atoms with van der Waals surface area (Å²) in [7, 11) is 0. The van der Waals surface area contributed by atoms with E-state index in [4.69, 9.17) is 20.6 Å². The van der Waals surface area contributed by atoms with Gasteiger partial charge in [-0.05, 0) is 12.8 Å². The fourth-order valence-corrected chi connectivity index (χ4v) is 0.570. The zero-order valence-corrected chi connectivity index (χ0v) is 8.17. The average molecular weight is 187 g/mol. The van der Waals surface area contributed by atoms with Crippen molar-refractivity contribution in [2.75, 3.05) is 13.2 Å². The fraction of sp³-hybridized carbons (Fsp3) is 0.750. The number of nitrogens with one attached hydrogen (secondary N) is 1. The van der Waals surface area contributed by atoms with Gasteiger partial charge in [-0.1, -0.05) is 13.8 Å². The van der Waals surface area contributed by atoms with Gasteiger partial charge in [-0.2, -0.15) is 0 Å². The first-order valence-corrected chi connectivity index (χ1v) is 4.39. The Labute approximate surface area is 78.4 Å². The van der Waals surface area contributed by atoms with Crippen molar-refractivity contribution in [1.82, 2.24) is 0 Å². The second-order valence-corrected chi connectivity index (χ2v) is 2.45. The molecule has 76 valence electrons. The number of rotatable bonds is 4. The third kappa shape index (κ3) is 7.11. The number of nitrogens with two attached hydrogens (primary N) is 1. The molecule has 5 heteroatoms. The monoisotopic (exact) mass is 187 g/mol. The molecule has 0 fully saturated rings. The van der Waals surface area contributed by atoms with Crippen LogP contribution >= 0.6 is 0 Å². The van der Waals surface area contributed by atoms with Crippen molar-refractivity contribution in [3.05, 3.63) is 0 Å². The van der Waals surface area contributed by atoms with E-state index in [2.05, 4.69) is 4.99 Å². The van der Waals surface area contributed by atoms with Crippen LogP contribution in [0.25, 0.3) is 0 Å². The van der Waals surface area contributed by atoms with E-state index in [0.29, 0.717) is 13.2 Å². The molecule has 0 amide bonds. The van der Waals surface area contributed by atoms with E-state index < -0.39 is 0 Å². The van der Waals surface area contributed by atoms with Crippen LogP contribution in [0.1, 0.15) is 26.7 Å². The zero-order valence-electron chi connectivity index (χ0n) is 8.17. The largest absolute Gasteiger partial charge is 0.465 e. The van der Waals surface area contributed by atoms with Crippen molar-refractivity contribution in [2.24, 2.45) is 10.7 Å². The van der Waals surface area contributed by atoms with Crippen molar-refractivity contribution in [2.45, 2.75) is 26.7 Å². The predicted octanol–water partition coefficient (Wildman–Crippen LogP) is 1.09. The molecule has 0 heterocycles. The van der Waals surface area contributed by atoms with E-state index in [0.717, 1.165) is 12.8 Å². The molecule has 0 saturated carbocycles. The van der Waals surface area contributed by atoms with Crippen LogP contribution in [0.4, 0.5) is 0 Å². The van der Waals surface area contributed by atoms with Gasteiger partial charge in [0.05, 0.1) is 13.2 Å². The van der Waals surface area contributed by atoms with Crippen molar-refractivity contribution >= 4 is 12.0 Å². The van der Waals surface area contributed by atoms with Gasteiger partial charge in [-0.15, -0.1) is 4.99 Å². The Kier molecular flexibility index (Phi) is 6.68. The zero-order chi connectivity index (χ0) is 10.1. The summed E-state index contributed by atoms with van der Waals surface area (Å²) in [5.41, 5.74) is 5.34. The Balaban J connectivity index is 3.70. The van der Waals surface area contributed by atoms with Gasteiger partial charge in [0, 0.05) is 0 Å². The molecule has 0 bridgehead atoms. The van der Waals surface area contributed by atoms with Gasteiger partial charge < -0.3 is 15.2 Å². The number of hydrogen-bond acceptors (Lipinski definition) is 3. The minimum absolute atomic E-state index is 0.0112. The maximum Gasteiger partial charge on any atom is 0.313 e. The Bertz CT molecular complexity index is 180. The highest BCUT2D eigenvalue weighted by Gasteiger charge is 1.97. The highest BCUT2D eigenvalue weighted by atomic mass is 16.5. The topological polar surface area (TPSA) is 80.7 Å². The second-order valence-electron chi connectivity index (χ2n) is 2.45. The number of aliphatic imine (C=N–C) groups is 1. The molecule has 0 aliphatic rings. The SMILES string of the molecule is CCCOC(=N)/N=C(\N)OCCC. The lowest BCUT2D eigenvalue weighted by Gasteiger charge is -2.03. The molecule has 0 aliphatic carbocycles. The van der Waals surface area contributed by atoms with Crippen LogP contribution in [-0.4, -0.2) is 25.3 Å². The molecule has 0 atom stereocenters. The van der Waals surface area contributed by atoms with Crippen LogP contribution in [0.2, 0.25) is 0 Å². The number of hydrogen-bond donors (Lipinski definition) is 2. The molecule has 0 aromatic heterocycles. The first-order valence-electron chi connectivity index (χ1n) is 4.39. The second kappa shape index (κ2) is 7.39. The molecule has 0 unspecified atom stereocenters. The van der Waals surface area contributed by atoms with Crippen molar-refractivity contribution < 1.29 is 9.47 Å². The summed E-state index contributed by atoms with van der Waals surface area (Å²) in [5, 5.41) is 7.19. The molecular weight excluding hydrogens is 170 g/mol. The Morgan fingerprint density at radius 3 is 2.31 bits per heavy atom. The maximum atomic E-state index is 7.19. The van der Waals surface area contributed by atoms with Crippen LogP contribution in [-0.2, 0) is 9.47 Å². The fourth-order valence-electron chi connectivity index (χ4n) is 0.570. The van der Waals surface area contributed by atoms with E-state index in [1.54, 1.807) is 0 Å². The third-order valence-corrected chi connectivity index (χ3v) is 1.11. The Hall–Kier alpha value is -1.26. The molecule has 0 saturated heterocycles. The number of nitrogens with zero attached hydrogens (tertiary/aromatic N) is 1. The summed E-state index contributed by atoms with van der Waals surface area (Å²) in [4.78, 5) is 3.59. The van der Waals surface area contributed by atoms with E-state index in [9.17, 15) is 0 Å². The molecule has 3 N–H and O–H groups in total. The minimum Gasteiger partial charge on any atom is -0.465 e. The molecule has 0 aliphatic heterocycles. The van der Waals surface area contributed by atoms with Crippen molar-refractivity contribution in [3.8, 4) is 0 Å². The summed E-state index contributed by atoms with van der Waals surface area (Å²) in [6.45, 7) is 4.90. The molecule has 0 aromatic rings. The van der Waals surface area contributed by atoms with Gasteiger partial charge in [-0.3, -0.25) is 0 Å². The van der Waals surface area contributed by atoms with E-state index >= 15 is 0 Å². The van der Waals surface area contributed by atoms with Gasteiger partial charge in [0.2, 0.25) is 0 Å². The lowest BCUT2D eigenvalue weighted by atomic mass is 10.5. The van der Waals surface area contributed by atoms with E-state index in [1.165, 1.54) is 0 Å². The third-order valence-electron chi connectivity index (χ3n) is 1.11. The average Bonchev–Trinajstić information content (AvgIpc) is 2.11. The lowest BCUT2D eigenvalue weighted by molar-refractivity contribution is 0.285. The lowest BCUT2D eigenvalue weighted by Crippen LogP contribution is -2.19. The standard InChI is InChI=1S/C8H17N3O2/c1-3-5-12-7(9)11-8(10)13-6-4-2/h3-6H2,1-2H3,(H3,9,10,11). The van der Waals surface area contributed by atoms with Gasteiger partial charge >= 0.3 is 6.02 Å². The summed E-state index contributed by atoms with van der Waals surface area (Å²) in [6.07, 6.45) is 1.70. The highest BCUT2D eigenvalue weighted by Crippen LogP contribution is 1.86. The molecule has 0 spiro atoms. The predicted molar refractivity (Wildman–Crippen MR) is 51.8 cm³/mol. The van der Waals surface area contributed by atoms with Crippen LogP contribution in [0.3, 0.4) is 0 Å². The highest BCUT2D eigenvalue weighted by molar-refractivity contribution is 5.86. The quantitative estimate of drug-likeness (QED) is 0.510. The first kappa shape index (κ1) is 11.7. The van der Waals surface area contributed by atoms with Crippen LogP contribution in [0.15, 0.2) is 4.99 Å².